The molecule has 4 rings (SSSR count). The van der Waals surface area contributed by atoms with Crippen LogP contribution >= 0.6 is 0 Å². The molecule has 1 aromatic carbocycles. The van der Waals surface area contributed by atoms with E-state index in [1.54, 1.807) is 0 Å². The lowest BCUT2D eigenvalue weighted by Crippen LogP contribution is -2.16. The number of alkyl halides is 6. The molecule has 0 radical (unpaired) electrons. The minimum atomic E-state index is -4.85. The van der Waals surface area contributed by atoms with Gasteiger partial charge in [0.05, 0.1) is 23.2 Å². The van der Waals surface area contributed by atoms with Crippen molar-refractivity contribution in [2.75, 3.05) is 5.75 Å². The molecular formula is C21H16F6N4O3S. The fourth-order valence-electron chi connectivity index (χ4n) is 3.50. The molecule has 0 unspecified atom stereocenters. The highest BCUT2D eigenvalue weighted by Crippen LogP contribution is 2.34. The molecule has 35 heavy (non-hydrogen) atoms. The minimum Gasteiger partial charge on any atom is -0.406 e. The number of rotatable bonds is 5. The maximum atomic E-state index is 13.3. The van der Waals surface area contributed by atoms with Gasteiger partial charge in [-0.15, -0.1) is 13.2 Å². The van der Waals surface area contributed by atoms with E-state index in [0.717, 1.165) is 28.7 Å². The third-order valence-corrected chi connectivity index (χ3v) is 6.90. The van der Waals surface area contributed by atoms with Crippen LogP contribution in [0, 0.1) is 0 Å². The van der Waals surface area contributed by atoms with E-state index in [9.17, 15) is 34.8 Å². The van der Waals surface area contributed by atoms with Crippen molar-refractivity contribution < 1.29 is 39.5 Å². The van der Waals surface area contributed by atoms with Gasteiger partial charge < -0.3 is 9.30 Å². The van der Waals surface area contributed by atoms with Gasteiger partial charge in [-0.1, -0.05) is 6.92 Å². The molecule has 3 heterocycles. The van der Waals surface area contributed by atoms with Crippen molar-refractivity contribution in [3.05, 3.63) is 54.4 Å². The lowest BCUT2D eigenvalue weighted by Gasteiger charge is -2.10. The number of fused-ring (bicyclic) bond motifs is 1. The predicted molar refractivity (Wildman–Crippen MR) is 112 cm³/mol. The highest BCUT2D eigenvalue weighted by molar-refractivity contribution is 7.91. The van der Waals surface area contributed by atoms with Crippen molar-refractivity contribution >= 4 is 15.5 Å². The van der Waals surface area contributed by atoms with Crippen LogP contribution < -0.4 is 4.74 Å². The fraction of sp³-hybridized carbons (Fsp3) is 0.238. The van der Waals surface area contributed by atoms with Gasteiger partial charge in [0, 0.05) is 18.8 Å². The number of hydrogen-bond acceptors (Lipinski definition) is 5. The Hall–Kier alpha value is -3.55. The summed E-state index contributed by atoms with van der Waals surface area (Å²) in [5.41, 5.74) is -0.409. The molecule has 0 aliphatic rings. The second-order valence-corrected chi connectivity index (χ2v) is 9.60. The summed E-state index contributed by atoms with van der Waals surface area (Å²) in [4.78, 5) is 8.44. The van der Waals surface area contributed by atoms with Gasteiger partial charge in [0.1, 0.15) is 17.1 Å². The Balaban J connectivity index is 1.85. The average molecular weight is 518 g/mol. The Morgan fingerprint density at radius 2 is 1.66 bits per heavy atom. The van der Waals surface area contributed by atoms with Crippen molar-refractivity contribution in [1.82, 2.24) is 18.9 Å². The number of imidazole rings is 2. The van der Waals surface area contributed by atoms with E-state index in [1.807, 2.05) is 0 Å². The summed E-state index contributed by atoms with van der Waals surface area (Å²) in [5, 5.41) is -0.449. The predicted octanol–water partition coefficient (Wildman–Crippen LogP) is 5.11. The van der Waals surface area contributed by atoms with Crippen LogP contribution in [0.4, 0.5) is 26.3 Å². The minimum absolute atomic E-state index is 0.0294. The molecule has 3 aromatic heterocycles. The van der Waals surface area contributed by atoms with Gasteiger partial charge in [-0.3, -0.25) is 4.40 Å². The molecular weight excluding hydrogens is 502 g/mol. The van der Waals surface area contributed by atoms with Crippen LogP contribution in [0.5, 0.6) is 5.75 Å². The van der Waals surface area contributed by atoms with Gasteiger partial charge in [0.25, 0.3) is 0 Å². The van der Waals surface area contributed by atoms with E-state index in [1.165, 1.54) is 36.9 Å². The summed E-state index contributed by atoms with van der Waals surface area (Å²) >= 11 is 0. The Morgan fingerprint density at radius 3 is 2.23 bits per heavy atom. The van der Waals surface area contributed by atoms with Gasteiger partial charge in [-0.25, -0.2) is 18.4 Å². The molecule has 186 valence electrons. The molecule has 0 saturated carbocycles. The molecule has 0 aliphatic heterocycles. The van der Waals surface area contributed by atoms with E-state index < -0.39 is 44.5 Å². The fourth-order valence-corrected chi connectivity index (χ4v) is 4.65. The van der Waals surface area contributed by atoms with Gasteiger partial charge >= 0.3 is 12.5 Å². The maximum Gasteiger partial charge on any atom is 0.573 e. The topological polar surface area (TPSA) is 78.5 Å². The lowest BCUT2D eigenvalue weighted by molar-refractivity contribution is -0.274. The standard InChI is InChI=1S/C21H16F6N4O3S/c1-3-35(32,33)19-17(29-16-9-6-13(11-31(16)19)20(22,23)24)18-28-10-15(30(18)2)12-4-7-14(8-5-12)34-21(25,26)27/h4-11H,3H2,1-2H3. The van der Waals surface area contributed by atoms with Crippen LogP contribution in [0.1, 0.15) is 12.5 Å². The molecule has 0 amide bonds. The monoisotopic (exact) mass is 518 g/mol. The highest BCUT2D eigenvalue weighted by Gasteiger charge is 2.34. The third kappa shape index (κ3) is 4.70. The van der Waals surface area contributed by atoms with Crippen molar-refractivity contribution in [1.29, 1.82) is 0 Å². The van der Waals surface area contributed by atoms with Crippen LogP contribution in [0.3, 0.4) is 0 Å². The molecule has 4 aromatic rings. The van der Waals surface area contributed by atoms with E-state index in [-0.39, 0.29) is 17.2 Å². The number of aromatic nitrogens is 4. The first-order valence-electron chi connectivity index (χ1n) is 9.91. The van der Waals surface area contributed by atoms with E-state index in [0.29, 0.717) is 17.5 Å². The number of sulfone groups is 1. The normalized spacial score (nSPS) is 12.9. The first kappa shape index (κ1) is 24.6. The number of pyridine rings is 1. The molecule has 14 heteroatoms. The first-order chi connectivity index (χ1) is 16.2. The molecule has 0 saturated heterocycles. The van der Waals surface area contributed by atoms with Crippen LogP contribution in [0.25, 0.3) is 28.4 Å². The van der Waals surface area contributed by atoms with Crippen molar-refractivity contribution in [2.24, 2.45) is 7.05 Å². The van der Waals surface area contributed by atoms with Crippen LogP contribution in [-0.2, 0) is 23.1 Å². The SMILES string of the molecule is CCS(=O)(=O)c1c(-c2ncc(-c3ccc(OC(F)(F)F)cc3)n2C)nc2ccc(C(F)(F)F)cn12. The zero-order valence-electron chi connectivity index (χ0n) is 18.0. The van der Waals surface area contributed by atoms with Gasteiger partial charge in [0.15, 0.2) is 20.7 Å². The molecule has 0 spiro atoms. The zero-order valence-corrected chi connectivity index (χ0v) is 18.8. The number of halogens is 6. The van der Waals surface area contributed by atoms with Gasteiger partial charge in [-0.05, 0) is 36.4 Å². The third-order valence-electron chi connectivity index (χ3n) is 5.16. The van der Waals surface area contributed by atoms with Gasteiger partial charge in [-0.2, -0.15) is 13.2 Å². The lowest BCUT2D eigenvalue weighted by atomic mass is 10.1. The second-order valence-electron chi connectivity index (χ2n) is 7.41. The Labute approximate surface area is 194 Å². The molecule has 0 atom stereocenters. The van der Waals surface area contributed by atoms with Crippen molar-refractivity contribution in [2.45, 2.75) is 24.5 Å². The number of nitrogens with zero attached hydrogens (tertiary/aromatic N) is 4. The second kappa shape index (κ2) is 8.29. The summed E-state index contributed by atoms with van der Waals surface area (Å²) in [5.74, 6) is -0.789. The largest absolute Gasteiger partial charge is 0.573 e. The number of ether oxygens (including phenoxy) is 1. The average Bonchev–Trinajstić information content (AvgIpc) is 3.32. The van der Waals surface area contributed by atoms with E-state index in [2.05, 4.69) is 14.7 Å². The zero-order chi connectivity index (χ0) is 25.8. The summed E-state index contributed by atoms with van der Waals surface area (Å²) in [6, 6.07) is 6.76. The first-order valence-corrected chi connectivity index (χ1v) is 11.6. The highest BCUT2D eigenvalue weighted by atomic mass is 32.2. The molecule has 0 fully saturated rings. The summed E-state index contributed by atoms with van der Waals surface area (Å²) in [6.07, 6.45) is -7.54. The van der Waals surface area contributed by atoms with Crippen LogP contribution in [-0.4, -0.2) is 39.5 Å². The van der Waals surface area contributed by atoms with E-state index >= 15 is 0 Å². The number of benzene rings is 1. The van der Waals surface area contributed by atoms with Crippen LogP contribution in [0.15, 0.2) is 53.8 Å². The maximum absolute atomic E-state index is 13.3. The van der Waals surface area contributed by atoms with Crippen molar-refractivity contribution in [3.63, 3.8) is 0 Å². The summed E-state index contributed by atoms with van der Waals surface area (Å²) < 4.78 is 109. The van der Waals surface area contributed by atoms with Crippen LogP contribution in [0.2, 0.25) is 0 Å². The summed E-state index contributed by atoms with van der Waals surface area (Å²) in [7, 11) is -2.54. The molecule has 0 aliphatic carbocycles. The number of hydrogen-bond donors (Lipinski definition) is 0. The Kier molecular flexibility index (Phi) is 5.82. The quantitative estimate of drug-likeness (QED) is 0.343. The molecule has 0 N–H and O–H groups in total. The molecule has 7 nitrogen and oxygen atoms in total. The smallest absolute Gasteiger partial charge is 0.406 e. The van der Waals surface area contributed by atoms with E-state index in [4.69, 9.17) is 0 Å². The van der Waals surface area contributed by atoms with Gasteiger partial charge in [0.2, 0.25) is 0 Å². The Bertz CT molecular complexity index is 1500. The molecule has 0 bridgehead atoms. The summed E-state index contributed by atoms with van der Waals surface area (Å²) in [6.45, 7) is 1.35. The van der Waals surface area contributed by atoms with Crippen molar-refractivity contribution in [3.8, 4) is 28.5 Å². The Morgan fingerprint density at radius 1 is 1.00 bits per heavy atom.